The Kier molecular flexibility index (Phi) is 5.64. The van der Waals surface area contributed by atoms with Crippen LogP contribution in [-0.2, 0) is 14.9 Å². The molecule has 1 aromatic carbocycles. The van der Waals surface area contributed by atoms with Crippen LogP contribution in [0.4, 0.5) is 10.5 Å². The largest absolute Gasteiger partial charge is 0.449 e. The standard InChI is InChI=1S/C18H26N2O3/c1-13(2)12-23-17(22)20-15-8-6-14(7-9-15)18(16(21)19-3)10-4-5-11-18/h6-9,13H,4-5,10-12H2,1-3H3,(H,19,21)(H,20,22). The van der Waals surface area contributed by atoms with Gasteiger partial charge >= 0.3 is 6.09 Å². The van der Waals surface area contributed by atoms with Gasteiger partial charge in [0, 0.05) is 12.7 Å². The molecule has 2 N–H and O–H groups in total. The zero-order valence-electron chi connectivity index (χ0n) is 14.1. The van der Waals surface area contributed by atoms with Gasteiger partial charge in [0.25, 0.3) is 0 Å². The third-order valence-corrected chi connectivity index (χ3v) is 4.35. The fourth-order valence-corrected chi connectivity index (χ4v) is 3.13. The summed E-state index contributed by atoms with van der Waals surface area (Å²) < 4.78 is 5.10. The lowest BCUT2D eigenvalue weighted by Gasteiger charge is -2.27. The summed E-state index contributed by atoms with van der Waals surface area (Å²) in [7, 11) is 1.68. The van der Waals surface area contributed by atoms with Gasteiger partial charge in [0.2, 0.25) is 5.91 Å². The summed E-state index contributed by atoms with van der Waals surface area (Å²) >= 11 is 0. The average molecular weight is 318 g/mol. The Morgan fingerprint density at radius 2 is 1.78 bits per heavy atom. The predicted molar refractivity (Wildman–Crippen MR) is 90.5 cm³/mol. The molecule has 0 bridgehead atoms. The first kappa shape index (κ1) is 17.3. The van der Waals surface area contributed by atoms with Crippen LogP contribution in [0.25, 0.3) is 0 Å². The molecule has 23 heavy (non-hydrogen) atoms. The van der Waals surface area contributed by atoms with Gasteiger partial charge in [0.15, 0.2) is 0 Å². The molecule has 5 nitrogen and oxygen atoms in total. The molecule has 1 aliphatic carbocycles. The van der Waals surface area contributed by atoms with Gasteiger partial charge in [-0.2, -0.15) is 0 Å². The second-order valence-electron chi connectivity index (χ2n) is 6.56. The van der Waals surface area contributed by atoms with E-state index in [1.165, 1.54) is 0 Å². The maximum atomic E-state index is 12.3. The molecule has 0 radical (unpaired) electrons. The number of hydrogen-bond acceptors (Lipinski definition) is 3. The van der Waals surface area contributed by atoms with Crippen molar-refractivity contribution in [2.24, 2.45) is 5.92 Å². The molecule has 2 rings (SSSR count). The molecule has 0 aromatic heterocycles. The average Bonchev–Trinajstić information content (AvgIpc) is 3.04. The number of rotatable bonds is 5. The van der Waals surface area contributed by atoms with Crippen molar-refractivity contribution in [1.82, 2.24) is 5.32 Å². The van der Waals surface area contributed by atoms with Crippen molar-refractivity contribution < 1.29 is 14.3 Å². The van der Waals surface area contributed by atoms with E-state index in [-0.39, 0.29) is 5.91 Å². The number of likely N-dealkylation sites (N-methyl/N-ethyl adjacent to an activating group) is 1. The molecule has 0 unspecified atom stereocenters. The highest BCUT2D eigenvalue weighted by molar-refractivity contribution is 5.89. The van der Waals surface area contributed by atoms with Crippen LogP contribution in [0.5, 0.6) is 0 Å². The number of nitrogens with one attached hydrogen (secondary N) is 2. The highest BCUT2D eigenvalue weighted by atomic mass is 16.5. The Bertz CT molecular complexity index is 546. The van der Waals surface area contributed by atoms with Gasteiger partial charge in [0.1, 0.15) is 0 Å². The minimum Gasteiger partial charge on any atom is -0.449 e. The van der Waals surface area contributed by atoms with Crippen LogP contribution in [0.3, 0.4) is 0 Å². The van der Waals surface area contributed by atoms with Crippen molar-refractivity contribution in [3.05, 3.63) is 29.8 Å². The Labute approximate surface area is 137 Å². The van der Waals surface area contributed by atoms with Crippen LogP contribution in [-0.4, -0.2) is 25.7 Å². The Balaban J connectivity index is 2.06. The van der Waals surface area contributed by atoms with Crippen molar-refractivity contribution >= 4 is 17.7 Å². The lowest BCUT2D eigenvalue weighted by molar-refractivity contribution is -0.126. The first-order chi connectivity index (χ1) is 11.0. The topological polar surface area (TPSA) is 67.4 Å². The zero-order chi connectivity index (χ0) is 16.9. The van der Waals surface area contributed by atoms with E-state index in [1.54, 1.807) is 7.05 Å². The van der Waals surface area contributed by atoms with Gasteiger partial charge in [-0.05, 0) is 36.5 Å². The van der Waals surface area contributed by atoms with Crippen LogP contribution in [0.1, 0.15) is 45.1 Å². The molecule has 5 heteroatoms. The lowest BCUT2D eigenvalue weighted by Crippen LogP contribution is -2.40. The van der Waals surface area contributed by atoms with E-state index >= 15 is 0 Å². The molecule has 0 heterocycles. The van der Waals surface area contributed by atoms with Crippen LogP contribution < -0.4 is 10.6 Å². The summed E-state index contributed by atoms with van der Waals surface area (Å²) in [5, 5.41) is 5.50. The minimum atomic E-state index is -0.451. The monoisotopic (exact) mass is 318 g/mol. The number of carbonyl (C=O) groups excluding carboxylic acids is 2. The van der Waals surface area contributed by atoms with Crippen molar-refractivity contribution in [3.8, 4) is 0 Å². The number of carbonyl (C=O) groups is 2. The van der Waals surface area contributed by atoms with Crippen molar-refractivity contribution in [2.45, 2.75) is 44.9 Å². The maximum Gasteiger partial charge on any atom is 0.411 e. The molecular weight excluding hydrogens is 292 g/mol. The quantitative estimate of drug-likeness (QED) is 0.874. The number of amides is 2. The molecule has 0 saturated heterocycles. The fraction of sp³-hybridized carbons (Fsp3) is 0.556. The maximum absolute atomic E-state index is 12.3. The molecule has 1 aromatic rings. The van der Waals surface area contributed by atoms with Gasteiger partial charge in [-0.1, -0.05) is 38.8 Å². The van der Waals surface area contributed by atoms with Crippen molar-refractivity contribution in [1.29, 1.82) is 0 Å². The van der Waals surface area contributed by atoms with E-state index in [1.807, 2.05) is 38.1 Å². The first-order valence-corrected chi connectivity index (χ1v) is 8.24. The Hall–Kier alpha value is -2.04. The van der Waals surface area contributed by atoms with E-state index in [0.29, 0.717) is 18.2 Å². The smallest absolute Gasteiger partial charge is 0.411 e. The summed E-state index contributed by atoms with van der Waals surface area (Å²) in [5.41, 5.74) is 1.26. The SMILES string of the molecule is CNC(=O)C1(c2ccc(NC(=O)OCC(C)C)cc2)CCCC1. The van der Waals surface area contributed by atoms with Crippen LogP contribution in [0, 0.1) is 5.92 Å². The van der Waals surface area contributed by atoms with E-state index < -0.39 is 11.5 Å². The number of anilines is 1. The minimum absolute atomic E-state index is 0.0760. The second-order valence-corrected chi connectivity index (χ2v) is 6.56. The highest BCUT2D eigenvalue weighted by Gasteiger charge is 2.41. The zero-order valence-corrected chi connectivity index (χ0v) is 14.1. The van der Waals surface area contributed by atoms with Gasteiger partial charge in [-0.25, -0.2) is 4.79 Å². The van der Waals surface area contributed by atoms with Crippen LogP contribution in [0.2, 0.25) is 0 Å². The van der Waals surface area contributed by atoms with E-state index in [2.05, 4.69) is 10.6 Å². The molecule has 0 atom stereocenters. The molecule has 1 saturated carbocycles. The molecular formula is C18H26N2O3. The highest BCUT2D eigenvalue weighted by Crippen LogP contribution is 2.41. The first-order valence-electron chi connectivity index (χ1n) is 8.24. The predicted octanol–water partition coefficient (Wildman–Crippen LogP) is 3.45. The van der Waals surface area contributed by atoms with Gasteiger partial charge in [-0.3, -0.25) is 10.1 Å². The molecule has 0 spiro atoms. The summed E-state index contributed by atoms with van der Waals surface area (Å²) in [4.78, 5) is 24.0. The van der Waals surface area contributed by atoms with E-state index in [9.17, 15) is 9.59 Å². The van der Waals surface area contributed by atoms with E-state index in [4.69, 9.17) is 4.74 Å². The Morgan fingerprint density at radius 1 is 1.17 bits per heavy atom. The molecule has 126 valence electrons. The number of hydrogen-bond donors (Lipinski definition) is 2. The Morgan fingerprint density at radius 3 is 2.30 bits per heavy atom. The van der Waals surface area contributed by atoms with Crippen molar-refractivity contribution in [2.75, 3.05) is 19.0 Å². The molecule has 0 aliphatic heterocycles. The molecule has 1 fully saturated rings. The second kappa shape index (κ2) is 7.49. The number of ether oxygens (including phenoxy) is 1. The lowest BCUT2D eigenvalue weighted by atomic mass is 9.78. The van der Waals surface area contributed by atoms with Crippen LogP contribution in [0.15, 0.2) is 24.3 Å². The third-order valence-electron chi connectivity index (χ3n) is 4.35. The van der Waals surface area contributed by atoms with Gasteiger partial charge in [-0.15, -0.1) is 0 Å². The van der Waals surface area contributed by atoms with E-state index in [0.717, 1.165) is 31.2 Å². The normalized spacial score (nSPS) is 16.2. The fourth-order valence-electron chi connectivity index (χ4n) is 3.13. The molecule has 1 aliphatic rings. The van der Waals surface area contributed by atoms with Gasteiger partial charge in [0.05, 0.1) is 12.0 Å². The molecule has 2 amide bonds. The summed E-state index contributed by atoms with van der Waals surface area (Å²) in [6.07, 6.45) is 3.42. The summed E-state index contributed by atoms with van der Waals surface area (Å²) in [5.74, 6) is 0.380. The van der Waals surface area contributed by atoms with Crippen molar-refractivity contribution in [3.63, 3.8) is 0 Å². The summed E-state index contributed by atoms with van der Waals surface area (Å²) in [6.45, 7) is 4.37. The van der Waals surface area contributed by atoms with Crippen LogP contribution >= 0.6 is 0 Å². The summed E-state index contributed by atoms with van der Waals surface area (Å²) in [6, 6.07) is 7.52. The third kappa shape index (κ3) is 4.03. The number of benzene rings is 1. The van der Waals surface area contributed by atoms with Gasteiger partial charge < -0.3 is 10.1 Å².